The summed E-state index contributed by atoms with van der Waals surface area (Å²) in [5.41, 5.74) is 2.57. The summed E-state index contributed by atoms with van der Waals surface area (Å²) < 4.78 is 39.7. The number of hydrogen-bond donors (Lipinski definition) is 2. The minimum atomic E-state index is -4.66. The fourth-order valence-electron chi connectivity index (χ4n) is 3.85. The number of alkyl halides is 3. The van der Waals surface area contributed by atoms with Crippen molar-refractivity contribution >= 4 is 17.3 Å². The van der Waals surface area contributed by atoms with Crippen LogP contribution >= 0.6 is 0 Å². The van der Waals surface area contributed by atoms with Crippen LogP contribution in [0.5, 0.6) is 0 Å². The van der Waals surface area contributed by atoms with Crippen LogP contribution in [0.1, 0.15) is 29.7 Å². The number of amides is 1. The van der Waals surface area contributed by atoms with E-state index in [2.05, 4.69) is 22.1 Å². The molecule has 0 aliphatic heterocycles. The molecule has 0 fully saturated rings. The maximum atomic E-state index is 13.2. The number of anilines is 2. The number of benzene rings is 3. The van der Waals surface area contributed by atoms with Crippen LogP contribution in [-0.4, -0.2) is 31.1 Å². The van der Waals surface area contributed by atoms with Crippen molar-refractivity contribution in [1.82, 2.24) is 4.90 Å². The zero-order valence-corrected chi connectivity index (χ0v) is 20.6. The van der Waals surface area contributed by atoms with Crippen molar-refractivity contribution in [3.8, 4) is 0 Å². The van der Waals surface area contributed by atoms with Crippen LogP contribution in [0.2, 0.25) is 0 Å². The average Bonchev–Trinajstić information content (AvgIpc) is 2.84. The van der Waals surface area contributed by atoms with Crippen LogP contribution in [0, 0.1) is 0 Å². The number of nitrogens with one attached hydrogen (secondary N) is 2. The van der Waals surface area contributed by atoms with Crippen molar-refractivity contribution in [1.29, 1.82) is 0 Å². The summed E-state index contributed by atoms with van der Waals surface area (Å²) in [7, 11) is 3.92. The predicted octanol–water partition coefficient (Wildman–Crippen LogP) is 6.95. The molecule has 0 radical (unpaired) electrons. The van der Waals surface area contributed by atoms with Crippen molar-refractivity contribution in [3.63, 3.8) is 0 Å². The van der Waals surface area contributed by atoms with E-state index in [1.807, 2.05) is 69.6 Å². The lowest BCUT2D eigenvalue weighted by Gasteiger charge is -2.26. The van der Waals surface area contributed by atoms with E-state index in [0.29, 0.717) is 11.4 Å². The molecule has 1 amide bonds. The van der Waals surface area contributed by atoms with Gasteiger partial charge >= 0.3 is 6.18 Å². The molecule has 1 unspecified atom stereocenters. The molecule has 4 nitrogen and oxygen atoms in total. The zero-order valence-electron chi connectivity index (χ0n) is 20.6. The van der Waals surface area contributed by atoms with E-state index in [0.717, 1.165) is 29.2 Å². The third-order valence-electron chi connectivity index (χ3n) is 5.63. The van der Waals surface area contributed by atoms with Crippen molar-refractivity contribution in [3.05, 3.63) is 119 Å². The van der Waals surface area contributed by atoms with Crippen LogP contribution in [0.15, 0.2) is 103 Å². The highest BCUT2D eigenvalue weighted by Crippen LogP contribution is 2.29. The highest BCUT2D eigenvalue weighted by molar-refractivity contribution is 6.06. The molecule has 7 heteroatoms. The Morgan fingerprint density at radius 1 is 0.917 bits per heavy atom. The molecule has 3 rings (SSSR count). The van der Waals surface area contributed by atoms with Gasteiger partial charge in [0.05, 0.1) is 11.6 Å². The highest BCUT2D eigenvalue weighted by Gasteiger charge is 2.31. The van der Waals surface area contributed by atoms with Gasteiger partial charge in [0.25, 0.3) is 5.91 Å². The van der Waals surface area contributed by atoms with Crippen LogP contribution < -0.4 is 10.6 Å². The fourth-order valence-corrected chi connectivity index (χ4v) is 3.85. The minimum Gasteiger partial charge on any atom is -0.351 e. The Morgan fingerprint density at radius 2 is 1.53 bits per heavy atom. The number of halogens is 3. The Kier molecular flexibility index (Phi) is 8.72. The van der Waals surface area contributed by atoms with Crippen LogP contribution in [-0.2, 0) is 11.2 Å². The number of hydrogen-bond acceptors (Lipinski definition) is 3. The summed E-state index contributed by atoms with van der Waals surface area (Å²) in [5, 5.41) is 5.57. The average molecular weight is 494 g/mol. The summed E-state index contributed by atoms with van der Waals surface area (Å²) in [4.78, 5) is 15.2. The molecular formula is C29H30F3N3O. The lowest BCUT2D eigenvalue weighted by atomic mass is 9.97. The number of carbonyl (C=O) groups is 1. The molecule has 1 atom stereocenters. The Bertz CT molecular complexity index is 1230. The third-order valence-corrected chi connectivity index (χ3v) is 5.63. The molecule has 0 saturated heterocycles. The summed E-state index contributed by atoms with van der Waals surface area (Å²) in [6.45, 7) is 5.06. The normalized spacial score (nSPS) is 12.8. The lowest BCUT2D eigenvalue weighted by molar-refractivity contribution is -0.112. The molecule has 36 heavy (non-hydrogen) atoms. The van der Waals surface area contributed by atoms with Gasteiger partial charge in [-0.15, -0.1) is 0 Å². The zero-order chi connectivity index (χ0) is 26.3. The second kappa shape index (κ2) is 11.7. The standard InChI is InChI=1S/C29H30F3N3O/c1-5-21-11-9-15-24(18-21)33-26(17-20(2)29(30,31)32)28(36)34-25-16-10-14-23(19-25)27(35(3)4)22-12-7-6-8-13-22/h6-19,27,33H,2,5H2,1,3-4H3,(H,34,36)/b26-17-. The second-order valence-corrected chi connectivity index (χ2v) is 8.62. The third kappa shape index (κ3) is 7.09. The molecular weight excluding hydrogens is 463 g/mol. The maximum absolute atomic E-state index is 13.2. The molecule has 188 valence electrons. The van der Waals surface area contributed by atoms with Crippen LogP contribution in [0.4, 0.5) is 24.5 Å². The number of rotatable bonds is 9. The van der Waals surface area contributed by atoms with E-state index in [-0.39, 0.29) is 11.7 Å². The van der Waals surface area contributed by atoms with Gasteiger partial charge in [-0.1, -0.05) is 68.1 Å². The first-order valence-electron chi connectivity index (χ1n) is 11.5. The minimum absolute atomic E-state index is 0.0713. The molecule has 3 aromatic rings. The predicted molar refractivity (Wildman–Crippen MR) is 140 cm³/mol. The van der Waals surface area contributed by atoms with Gasteiger partial charge < -0.3 is 10.6 Å². The van der Waals surface area contributed by atoms with Gasteiger partial charge in [-0.3, -0.25) is 9.69 Å². The topological polar surface area (TPSA) is 44.4 Å². The van der Waals surface area contributed by atoms with E-state index < -0.39 is 17.7 Å². The molecule has 0 heterocycles. The smallest absolute Gasteiger partial charge is 0.351 e. The van der Waals surface area contributed by atoms with Crippen LogP contribution in [0.3, 0.4) is 0 Å². The summed E-state index contributed by atoms with van der Waals surface area (Å²) in [5.74, 6) is -0.708. The maximum Gasteiger partial charge on any atom is 0.415 e. The van der Waals surface area contributed by atoms with E-state index in [9.17, 15) is 18.0 Å². The Labute approximate surface area is 210 Å². The van der Waals surface area contributed by atoms with Crippen LogP contribution in [0.25, 0.3) is 0 Å². The van der Waals surface area contributed by atoms with E-state index in [1.54, 1.807) is 30.3 Å². The lowest BCUT2D eigenvalue weighted by Crippen LogP contribution is -2.23. The molecule has 0 bridgehead atoms. The van der Waals surface area contributed by atoms with Gasteiger partial charge in [-0.25, -0.2) is 0 Å². The fraction of sp³-hybridized carbons (Fsp3) is 0.207. The molecule has 3 aromatic carbocycles. The molecule has 2 N–H and O–H groups in total. The molecule has 0 aromatic heterocycles. The number of carbonyl (C=O) groups excluding carboxylic acids is 1. The monoisotopic (exact) mass is 493 g/mol. The number of aryl methyl sites for hydroxylation is 1. The van der Waals surface area contributed by atoms with Gasteiger partial charge in [0, 0.05) is 11.4 Å². The van der Waals surface area contributed by atoms with Crippen molar-refractivity contribution in [2.24, 2.45) is 0 Å². The summed E-state index contributed by atoms with van der Waals surface area (Å²) >= 11 is 0. The Hall–Kier alpha value is -3.84. The van der Waals surface area contributed by atoms with Gasteiger partial charge in [-0.05, 0) is 67.5 Å². The molecule has 0 spiro atoms. The first-order chi connectivity index (χ1) is 17.1. The van der Waals surface area contributed by atoms with Crippen molar-refractivity contribution in [2.45, 2.75) is 25.6 Å². The first-order valence-corrected chi connectivity index (χ1v) is 11.5. The first kappa shape index (κ1) is 26.8. The van der Waals surface area contributed by atoms with E-state index in [1.165, 1.54) is 0 Å². The number of nitrogens with zero attached hydrogens (tertiary/aromatic N) is 1. The Morgan fingerprint density at radius 3 is 2.14 bits per heavy atom. The van der Waals surface area contributed by atoms with Gasteiger partial charge in [0.15, 0.2) is 0 Å². The summed E-state index contributed by atoms with van der Waals surface area (Å²) in [6.07, 6.45) is -3.19. The number of allylic oxidation sites excluding steroid dienone is 2. The molecule has 0 aliphatic rings. The second-order valence-electron chi connectivity index (χ2n) is 8.62. The van der Waals surface area contributed by atoms with Crippen molar-refractivity contribution in [2.75, 3.05) is 24.7 Å². The highest BCUT2D eigenvalue weighted by atomic mass is 19.4. The Balaban J connectivity index is 1.91. The van der Waals surface area contributed by atoms with E-state index in [4.69, 9.17) is 0 Å². The molecule has 0 aliphatic carbocycles. The quantitative estimate of drug-likeness (QED) is 0.250. The van der Waals surface area contributed by atoms with Crippen molar-refractivity contribution < 1.29 is 18.0 Å². The van der Waals surface area contributed by atoms with E-state index >= 15 is 0 Å². The summed E-state index contributed by atoms with van der Waals surface area (Å²) in [6, 6.07) is 24.3. The van der Waals surface area contributed by atoms with Gasteiger partial charge in [0.1, 0.15) is 5.70 Å². The van der Waals surface area contributed by atoms with Gasteiger partial charge in [0.2, 0.25) is 0 Å². The molecule has 0 saturated carbocycles. The van der Waals surface area contributed by atoms with Gasteiger partial charge in [-0.2, -0.15) is 13.2 Å². The SMILES string of the molecule is C=C(/C=C(\Nc1cccc(CC)c1)C(=O)Nc1cccc(C(c2ccccc2)N(C)C)c1)C(F)(F)F. The largest absolute Gasteiger partial charge is 0.415 e.